The third-order valence-electron chi connectivity index (χ3n) is 6.04. The van der Waals surface area contributed by atoms with E-state index in [0.717, 1.165) is 52.5 Å². The molecule has 33 heavy (non-hydrogen) atoms. The predicted molar refractivity (Wildman–Crippen MR) is 127 cm³/mol. The lowest BCUT2D eigenvalue weighted by Gasteiger charge is -2.17. The molecule has 2 atom stereocenters. The summed E-state index contributed by atoms with van der Waals surface area (Å²) in [5, 5.41) is 12.9. The van der Waals surface area contributed by atoms with Crippen LogP contribution in [0.2, 0.25) is 0 Å². The molecule has 170 valence electrons. The minimum absolute atomic E-state index is 0.344. The van der Waals surface area contributed by atoms with Crippen molar-refractivity contribution in [1.82, 2.24) is 9.97 Å². The van der Waals surface area contributed by atoms with Gasteiger partial charge in [-0.05, 0) is 63.6 Å². The molecule has 0 saturated heterocycles. The molecule has 2 unspecified atom stereocenters. The first-order chi connectivity index (χ1) is 15.8. The van der Waals surface area contributed by atoms with E-state index in [4.69, 9.17) is 4.74 Å². The molecule has 1 aromatic carbocycles. The number of thiophene rings is 1. The van der Waals surface area contributed by atoms with Crippen LogP contribution in [-0.4, -0.2) is 27.9 Å². The zero-order chi connectivity index (χ0) is 23.7. The van der Waals surface area contributed by atoms with E-state index >= 15 is 0 Å². The van der Waals surface area contributed by atoms with Crippen molar-refractivity contribution in [3.63, 3.8) is 0 Å². The Morgan fingerprint density at radius 3 is 2.67 bits per heavy atom. The molecule has 7 nitrogen and oxygen atoms in total. The Bertz CT molecular complexity index is 1230. The number of nitrogens with zero attached hydrogens (tertiary/aromatic N) is 2. The Labute approximate surface area is 196 Å². The van der Waals surface area contributed by atoms with Crippen LogP contribution in [0.25, 0.3) is 11.4 Å². The highest BCUT2D eigenvalue weighted by atomic mass is 32.1. The molecule has 0 spiro atoms. The molecule has 0 aliphatic heterocycles. The maximum Gasteiger partial charge on any atom is 0.338 e. The summed E-state index contributed by atoms with van der Waals surface area (Å²) in [5.41, 5.74) is 4.70. The number of imidazole rings is 1. The molecule has 2 heterocycles. The van der Waals surface area contributed by atoms with E-state index in [1.807, 2.05) is 13.8 Å². The molecule has 0 saturated carbocycles. The average molecular weight is 463 g/mol. The fraction of sp³-hybridized carbons (Fsp3) is 0.360. The van der Waals surface area contributed by atoms with Gasteiger partial charge in [0.2, 0.25) is 0 Å². The van der Waals surface area contributed by atoms with Gasteiger partial charge in [0.15, 0.2) is 6.10 Å². The minimum Gasteiger partial charge on any atom is -0.449 e. The number of aromatic amines is 1. The highest BCUT2D eigenvalue weighted by molar-refractivity contribution is 7.16. The number of carbonyl (C=O) groups is 2. The number of anilines is 1. The third kappa shape index (κ3) is 4.69. The zero-order valence-electron chi connectivity index (χ0n) is 19.1. The molecule has 3 aromatic rings. The van der Waals surface area contributed by atoms with Crippen molar-refractivity contribution in [1.29, 1.82) is 5.26 Å². The number of aryl methyl sites for hydroxylation is 2. The topological polar surface area (TPSA) is 108 Å². The van der Waals surface area contributed by atoms with Gasteiger partial charge in [-0.3, -0.25) is 4.79 Å². The van der Waals surface area contributed by atoms with Gasteiger partial charge in [-0.25, -0.2) is 9.78 Å². The highest BCUT2D eigenvalue weighted by Crippen LogP contribution is 2.39. The summed E-state index contributed by atoms with van der Waals surface area (Å²) < 4.78 is 5.38. The van der Waals surface area contributed by atoms with Crippen molar-refractivity contribution in [3.05, 3.63) is 57.2 Å². The molecule has 1 aliphatic rings. The largest absolute Gasteiger partial charge is 0.449 e. The van der Waals surface area contributed by atoms with E-state index in [1.54, 1.807) is 24.3 Å². The number of hydrogen-bond acceptors (Lipinski definition) is 6. The first-order valence-electron chi connectivity index (χ1n) is 11.0. The third-order valence-corrected chi connectivity index (χ3v) is 7.21. The lowest BCUT2D eigenvalue weighted by molar-refractivity contribution is -0.123. The van der Waals surface area contributed by atoms with Crippen LogP contribution >= 0.6 is 11.3 Å². The Kier molecular flexibility index (Phi) is 6.34. The molecule has 2 N–H and O–H groups in total. The van der Waals surface area contributed by atoms with Gasteiger partial charge < -0.3 is 15.0 Å². The number of benzene rings is 1. The fourth-order valence-electron chi connectivity index (χ4n) is 3.90. The quantitative estimate of drug-likeness (QED) is 0.523. The molecule has 4 rings (SSSR count). The summed E-state index contributed by atoms with van der Waals surface area (Å²) in [6, 6.07) is 9.11. The maximum atomic E-state index is 12.7. The average Bonchev–Trinajstić information content (AvgIpc) is 3.31. The molecule has 1 aliphatic carbocycles. The second-order valence-corrected chi connectivity index (χ2v) is 9.68. The van der Waals surface area contributed by atoms with E-state index in [-0.39, 0.29) is 0 Å². The van der Waals surface area contributed by atoms with Crippen LogP contribution in [0.4, 0.5) is 5.00 Å². The van der Waals surface area contributed by atoms with Crippen LogP contribution in [-0.2, 0) is 22.4 Å². The lowest BCUT2D eigenvalue weighted by atomic mass is 9.88. The number of hydrogen-bond donors (Lipinski definition) is 2. The maximum absolute atomic E-state index is 12.7. The van der Waals surface area contributed by atoms with Crippen LogP contribution in [0.5, 0.6) is 0 Å². The number of nitrogens with one attached hydrogen (secondary N) is 2. The van der Waals surface area contributed by atoms with E-state index in [1.165, 1.54) is 18.3 Å². The van der Waals surface area contributed by atoms with Gasteiger partial charge in [-0.15, -0.1) is 11.3 Å². The van der Waals surface area contributed by atoms with Crippen molar-refractivity contribution in [2.75, 3.05) is 5.32 Å². The SMILES string of the molecule is Cc1nc(-c2ccc(C(=O)OC(C)C(=O)Nc3sc4c(c3C#N)CCC(C)C4)cc2)[nH]c1C. The van der Waals surface area contributed by atoms with Crippen LogP contribution in [0, 0.1) is 31.1 Å². The molecular formula is C25H26N4O3S. The number of H-pyrrole nitrogens is 1. The molecule has 2 aromatic heterocycles. The summed E-state index contributed by atoms with van der Waals surface area (Å²) in [6.45, 7) is 7.60. The second kappa shape index (κ2) is 9.20. The highest BCUT2D eigenvalue weighted by Gasteiger charge is 2.26. The Morgan fingerprint density at radius 2 is 2.03 bits per heavy atom. The number of nitriles is 1. The monoisotopic (exact) mass is 462 g/mol. The number of aromatic nitrogens is 2. The number of esters is 1. The number of amides is 1. The van der Waals surface area contributed by atoms with Gasteiger partial charge in [0.05, 0.1) is 16.8 Å². The fourth-order valence-corrected chi connectivity index (χ4v) is 5.27. The van der Waals surface area contributed by atoms with Gasteiger partial charge in [0.25, 0.3) is 5.91 Å². The van der Waals surface area contributed by atoms with Crippen LogP contribution in [0.1, 0.15) is 58.0 Å². The normalized spacial score (nSPS) is 15.9. The van der Waals surface area contributed by atoms with E-state index < -0.39 is 18.0 Å². The van der Waals surface area contributed by atoms with Gasteiger partial charge in [0, 0.05) is 16.1 Å². The smallest absolute Gasteiger partial charge is 0.338 e. The van der Waals surface area contributed by atoms with E-state index in [0.29, 0.717) is 22.0 Å². The predicted octanol–water partition coefficient (Wildman–Crippen LogP) is 4.94. The molecule has 0 radical (unpaired) electrons. The van der Waals surface area contributed by atoms with Gasteiger partial charge in [0.1, 0.15) is 16.9 Å². The zero-order valence-corrected chi connectivity index (χ0v) is 19.9. The standard InChI is InChI=1S/C25H26N4O3S/c1-13-5-10-19-20(12-26)24(33-21(19)11-13)29-23(30)16(4)32-25(31)18-8-6-17(7-9-18)22-27-14(2)15(3)28-22/h6-9,13,16H,5,10-11H2,1-4H3,(H,27,28)(H,29,30). The van der Waals surface area contributed by atoms with E-state index in [9.17, 15) is 14.9 Å². The first-order valence-corrected chi connectivity index (χ1v) is 11.8. The van der Waals surface area contributed by atoms with Crippen molar-refractivity contribution < 1.29 is 14.3 Å². The number of ether oxygens (including phenoxy) is 1. The van der Waals surface area contributed by atoms with Crippen molar-refractivity contribution in [2.45, 2.75) is 53.1 Å². The number of carbonyl (C=O) groups excluding carboxylic acids is 2. The first kappa shape index (κ1) is 22.7. The minimum atomic E-state index is -1.00. The van der Waals surface area contributed by atoms with Gasteiger partial charge in [-0.1, -0.05) is 19.1 Å². The van der Waals surface area contributed by atoms with Crippen molar-refractivity contribution in [3.8, 4) is 17.5 Å². The summed E-state index contributed by atoms with van der Waals surface area (Å²) in [7, 11) is 0. The molecule has 1 amide bonds. The van der Waals surface area contributed by atoms with Gasteiger partial charge in [-0.2, -0.15) is 5.26 Å². The lowest BCUT2D eigenvalue weighted by Crippen LogP contribution is -2.30. The summed E-state index contributed by atoms with van der Waals surface area (Å²) in [4.78, 5) is 34.1. The van der Waals surface area contributed by atoms with Crippen LogP contribution in [0.3, 0.4) is 0 Å². The van der Waals surface area contributed by atoms with E-state index in [2.05, 4.69) is 28.3 Å². The molecular weight excluding hydrogens is 436 g/mol. The Balaban J connectivity index is 1.41. The Morgan fingerprint density at radius 1 is 1.30 bits per heavy atom. The molecule has 0 bridgehead atoms. The second-order valence-electron chi connectivity index (χ2n) is 8.58. The molecule has 8 heteroatoms. The van der Waals surface area contributed by atoms with Crippen molar-refractivity contribution in [2.24, 2.45) is 5.92 Å². The number of rotatable bonds is 5. The Hall–Kier alpha value is -3.44. The molecule has 0 fully saturated rings. The van der Waals surface area contributed by atoms with Crippen LogP contribution < -0.4 is 5.32 Å². The van der Waals surface area contributed by atoms with Crippen molar-refractivity contribution >= 4 is 28.2 Å². The summed E-state index contributed by atoms with van der Waals surface area (Å²) >= 11 is 1.45. The summed E-state index contributed by atoms with van der Waals surface area (Å²) in [6.07, 6.45) is 1.81. The van der Waals surface area contributed by atoms with Crippen LogP contribution in [0.15, 0.2) is 24.3 Å². The summed E-state index contributed by atoms with van der Waals surface area (Å²) in [5.74, 6) is 0.262. The number of fused-ring (bicyclic) bond motifs is 1. The van der Waals surface area contributed by atoms with Gasteiger partial charge >= 0.3 is 5.97 Å².